The van der Waals surface area contributed by atoms with Gasteiger partial charge in [0.15, 0.2) is 5.78 Å². The summed E-state index contributed by atoms with van der Waals surface area (Å²) in [6.45, 7) is 4.71. The van der Waals surface area contributed by atoms with E-state index < -0.39 is 0 Å². The molecule has 1 fully saturated rings. The molecule has 0 bridgehead atoms. The van der Waals surface area contributed by atoms with Gasteiger partial charge in [0.1, 0.15) is 0 Å². The van der Waals surface area contributed by atoms with Gasteiger partial charge in [-0.05, 0) is 44.2 Å². The van der Waals surface area contributed by atoms with Crippen LogP contribution in [0.2, 0.25) is 5.02 Å². The smallest absolute Gasteiger partial charge is 0.163 e. The molecule has 0 heterocycles. The monoisotopic (exact) mass is 266 g/mol. The van der Waals surface area contributed by atoms with E-state index in [0.717, 1.165) is 30.6 Å². The molecule has 98 valence electrons. The molecule has 3 heteroatoms. The fraction of sp³-hybridized carbons (Fsp3) is 0.533. The maximum absolute atomic E-state index is 12.1. The highest BCUT2D eigenvalue weighted by Crippen LogP contribution is 2.33. The van der Waals surface area contributed by atoms with Crippen molar-refractivity contribution in [2.75, 3.05) is 6.61 Å². The first-order valence-electron chi connectivity index (χ1n) is 6.51. The van der Waals surface area contributed by atoms with Gasteiger partial charge in [0.05, 0.1) is 6.10 Å². The van der Waals surface area contributed by atoms with Gasteiger partial charge in [-0.15, -0.1) is 0 Å². The molecule has 0 radical (unpaired) electrons. The minimum Gasteiger partial charge on any atom is -0.378 e. The van der Waals surface area contributed by atoms with Gasteiger partial charge in [0, 0.05) is 23.6 Å². The fourth-order valence-electron chi connectivity index (χ4n) is 2.36. The minimum atomic E-state index is 0.192. The van der Waals surface area contributed by atoms with E-state index in [9.17, 15) is 4.79 Å². The molecule has 0 spiro atoms. The molecule has 0 aliphatic heterocycles. The van der Waals surface area contributed by atoms with Crippen LogP contribution in [0.25, 0.3) is 0 Å². The molecule has 2 nitrogen and oxygen atoms in total. The van der Waals surface area contributed by atoms with E-state index in [-0.39, 0.29) is 5.78 Å². The Morgan fingerprint density at radius 3 is 2.78 bits per heavy atom. The normalized spacial score (nSPS) is 22.6. The summed E-state index contributed by atoms with van der Waals surface area (Å²) in [6.07, 6.45) is 3.01. The van der Waals surface area contributed by atoms with Crippen LogP contribution in [-0.4, -0.2) is 18.5 Å². The predicted octanol–water partition coefficient (Wildman–Crippen LogP) is 4.04. The number of benzene rings is 1. The second-order valence-electron chi connectivity index (χ2n) is 5.01. The number of hydrogen-bond acceptors (Lipinski definition) is 2. The molecule has 2 rings (SSSR count). The van der Waals surface area contributed by atoms with Crippen molar-refractivity contribution in [2.24, 2.45) is 5.92 Å². The fourth-order valence-corrected chi connectivity index (χ4v) is 2.54. The Balaban J connectivity index is 1.87. The quantitative estimate of drug-likeness (QED) is 0.752. The van der Waals surface area contributed by atoms with Crippen LogP contribution in [0.15, 0.2) is 18.2 Å². The third kappa shape index (κ3) is 3.12. The standard InChI is InChI=1S/C15H19ClO2/c1-3-18-13-6-11(7-13)8-15(17)12-5-4-10(2)14(16)9-12/h4-5,9,11,13H,3,6-8H2,1-2H3. The third-order valence-corrected chi connectivity index (χ3v) is 3.97. The van der Waals surface area contributed by atoms with Gasteiger partial charge in [-0.2, -0.15) is 0 Å². The highest BCUT2D eigenvalue weighted by molar-refractivity contribution is 6.31. The zero-order valence-electron chi connectivity index (χ0n) is 10.9. The lowest BCUT2D eigenvalue weighted by atomic mass is 9.78. The van der Waals surface area contributed by atoms with Crippen molar-refractivity contribution < 1.29 is 9.53 Å². The number of aryl methyl sites for hydroxylation is 1. The van der Waals surface area contributed by atoms with Gasteiger partial charge >= 0.3 is 0 Å². The number of hydrogen-bond donors (Lipinski definition) is 0. The summed E-state index contributed by atoms with van der Waals surface area (Å²) in [5.74, 6) is 0.672. The Bertz CT molecular complexity index is 436. The zero-order valence-corrected chi connectivity index (χ0v) is 11.7. The Morgan fingerprint density at radius 1 is 1.44 bits per heavy atom. The van der Waals surface area contributed by atoms with Crippen molar-refractivity contribution in [3.63, 3.8) is 0 Å². The lowest BCUT2D eigenvalue weighted by molar-refractivity contribution is -0.0246. The molecule has 0 N–H and O–H groups in total. The van der Waals surface area contributed by atoms with Crippen LogP contribution in [0.3, 0.4) is 0 Å². The van der Waals surface area contributed by atoms with E-state index in [2.05, 4.69) is 0 Å². The summed E-state index contributed by atoms with van der Waals surface area (Å²) in [6, 6.07) is 5.54. The van der Waals surface area contributed by atoms with Crippen molar-refractivity contribution in [1.29, 1.82) is 0 Å². The molecular formula is C15H19ClO2. The molecule has 0 saturated heterocycles. The molecule has 1 aromatic carbocycles. The highest BCUT2D eigenvalue weighted by atomic mass is 35.5. The molecule has 0 atom stereocenters. The average molecular weight is 267 g/mol. The summed E-state index contributed by atoms with van der Waals surface area (Å²) in [5.41, 5.74) is 1.73. The van der Waals surface area contributed by atoms with E-state index in [1.165, 1.54) is 0 Å². The topological polar surface area (TPSA) is 26.3 Å². The summed E-state index contributed by atoms with van der Waals surface area (Å²) >= 11 is 6.03. The summed E-state index contributed by atoms with van der Waals surface area (Å²) < 4.78 is 5.50. The van der Waals surface area contributed by atoms with Crippen molar-refractivity contribution in [1.82, 2.24) is 0 Å². The van der Waals surface area contributed by atoms with Gasteiger partial charge in [-0.1, -0.05) is 23.7 Å². The molecule has 0 amide bonds. The van der Waals surface area contributed by atoms with Crippen LogP contribution in [0, 0.1) is 12.8 Å². The Kier molecular flexibility index (Phi) is 4.41. The van der Waals surface area contributed by atoms with Crippen LogP contribution in [-0.2, 0) is 4.74 Å². The van der Waals surface area contributed by atoms with Crippen molar-refractivity contribution in [2.45, 2.75) is 39.2 Å². The maximum atomic E-state index is 12.1. The third-order valence-electron chi connectivity index (χ3n) is 3.56. The first-order valence-corrected chi connectivity index (χ1v) is 6.89. The molecule has 0 aromatic heterocycles. The molecule has 1 aliphatic carbocycles. The molecule has 0 unspecified atom stereocenters. The lowest BCUT2D eigenvalue weighted by Gasteiger charge is -2.34. The van der Waals surface area contributed by atoms with E-state index in [1.54, 1.807) is 6.07 Å². The number of carbonyl (C=O) groups excluding carboxylic acids is 1. The molecule has 18 heavy (non-hydrogen) atoms. The second-order valence-corrected chi connectivity index (χ2v) is 5.41. The summed E-state index contributed by atoms with van der Waals surface area (Å²) in [4.78, 5) is 12.1. The van der Waals surface area contributed by atoms with Gasteiger partial charge in [-0.25, -0.2) is 0 Å². The Morgan fingerprint density at radius 2 is 2.17 bits per heavy atom. The van der Waals surface area contributed by atoms with E-state index in [1.807, 2.05) is 26.0 Å². The molecular weight excluding hydrogens is 248 g/mol. The van der Waals surface area contributed by atoms with Gasteiger partial charge < -0.3 is 4.74 Å². The molecule has 1 aromatic rings. The van der Waals surface area contributed by atoms with Crippen LogP contribution >= 0.6 is 11.6 Å². The Hall–Kier alpha value is -0.860. The van der Waals surface area contributed by atoms with E-state index >= 15 is 0 Å². The Labute approximate surface area is 113 Å². The second kappa shape index (κ2) is 5.85. The SMILES string of the molecule is CCOC1CC(CC(=O)c2ccc(C)c(Cl)c2)C1. The predicted molar refractivity (Wildman–Crippen MR) is 73.3 cm³/mol. The minimum absolute atomic E-state index is 0.192. The van der Waals surface area contributed by atoms with Crippen LogP contribution in [0.5, 0.6) is 0 Å². The van der Waals surface area contributed by atoms with Crippen LogP contribution in [0.1, 0.15) is 42.1 Å². The molecule has 1 aliphatic rings. The van der Waals surface area contributed by atoms with Gasteiger partial charge in [0.25, 0.3) is 0 Å². The lowest BCUT2D eigenvalue weighted by Crippen LogP contribution is -2.32. The highest BCUT2D eigenvalue weighted by Gasteiger charge is 2.31. The number of ether oxygens (including phenoxy) is 1. The van der Waals surface area contributed by atoms with Crippen molar-refractivity contribution >= 4 is 17.4 Å². The first-order chi connectivity index (χ1) is 8.60. The number of ketones is 1. The van der Waals surface area contributed by atoms with Crippen molar-refractivity contribution in [3.05, 3.63) is 34.3 Å². The van der Waals surface area contributed by atoms with Crippen LogP contribution < -0.4 is 0 Å². The zero-order chi connectivity index (χ0) is 13.1. The number of halogens is 1. The van der Waals surface area contributed by atoms with Gasteiger partial charge in [-0.3, -0.25) is 4.79 Å². The number of carbonyl (C=O) groups is 1. The van der Waals surface area contributed by atoms with E-state index in [0.29, 0.717) is 23.5 Å². The summed E-state index contributed by atoms with van der Waals surface area (Å²) in [7, 11) is 0. The largest absolute Gasteiger partial charge is 0.378 e. The van der Waals surface area contributed by atoms with Crippen molar-refractivity contribution in [3.8, 4) is 0 Å². The van der Waals surface area contributed by atoms with Crippen LogP contribution in [0.4, 0.5) is 0 Å². The number of Topliss-reactive ketones (excluding diaryl/α,β-unsaturated/α-hetero) is 1. The maximum Gasteiger partial charge on any atom is 0.163 e. The summed E-state index contributed by atoms with van der Waals surface area (Å²) in [5, 5.41) is 0.668. The van der Waals surface area contributed by atoms with E-state index in [4.69, 9.17) is 16.3 Å². The molecule has 1 saturated carbocycles. The average Bonchev–Trinajstić information content (AvgIpc) is 2.30. The number of rotatable bonds is 5. The first kappa shape index (κ1) is 13.6. The van der Waals surface area contributed by atoms with Gasteiger partial charge in [0.2, 0.25) is 0 Å².